The quantitative estimate of drug-likeness (QED) is 0.741. The summed E-state index contributed by atoms with van der Waals surface area (Å²) in [6.07, 6.45) is 3.49. The standard InChI is InChI=1S/C9H9N3.ClH/c10-6-9(2-3-9)8-5-7(11)1-4-12-8;/h1,4-5H,2-3H2,(H2,11,12);1H. The van der Waals surface area contributed by atoms with Crippen LogP contribution in [0.3, 0.4) is 0 Å². The highest BCUT2D eigenvalue weighted by Gasteiger charge is 2.46. The van der Waals surface area contributed by atoms with E-state index < -0.39 is 0 Å². The van der Waals surface area contributed by atoms with Gasteiger partial charge < -0.3 is 5.73 Å². The molecule has 0 saturated heterocycles. The molecule has 0 unspecified atom stereocenters. The number of aromatic nitrogens is 1. The minimum atomic E-state index is -0.310. The molecule has 0 atom stereocenters. The summed E-state index contributed by atoms with van der Waals surface area (Å²) in [7, 11) is 0. The van der Waals surface area contributed by atoms with E-state index in [2.05, 4.69) is 11.1 Å². The Morgan fingerprint density at radius 1 is 1.54 bits per heavy atom. The molecule has 1 saturated carbocycles. The highest BCUT2D eigenvalue weighted by molar-refractivity contribution is 5.85. The summed E-state index contributed by atoms with van der Waals surface area (Å²) in [6, 6.07) is 5.80. The second-order valence-electron chi connectivity index (χ2n) is 3.17. The van der Waals surface area contributed by atoms with Crippen molar-refractivity contribution in [3.8, 4) is 6.07 Å². The Morgan fingerprint density at radius 2 is 2.23 bits per heavy atom. The smallest absolute Gasteiger partial charge is 0.0995 e. The Bertz CT molecular complexity index is 352. The van der Waals surface area contributed by atoms with Gasteiger partial charge in [-0.3, -0.25) is 4.98 Å². The fourth-order valence-electron chi connectivity index (χ4n) is 1.26. The van der Waals surface area contributed by atoms with Crippen molar-refractivity contribution in [3.63, 3.8) is 0 Å². The van der Waals surface area contributed by atoms with Crippen LogP contribution in [0.1, 0.15) is 18.5 Å². The molecule has 1 aromatic heterocycles. The zero-order chi connectivity index (χ0) is 8.60. The zero-order valence-corrected chi connectivity index (χ0v) is 7.84. The first kappa shape index (κ1) is 9.82. The topological polar surface area (TPSA) is 62.7 Å². The summed E-state index contributed by atoms with van der Waals surface area (Å²) in [5.74, 6) is 0. The van der Waals surface area contributed by atoms with Gasteiger partial charge in [0, 0.05) is 11.9 Å². The maximum absolute atomic E-state index is 8.87. The van der Waals surface area contributed by atoms with E-state index >= 15 is 0 Å². The predicted octanol–water partition coefficient (Wildman–Crippen LogP) is 1.64. The van der Waals surface area contributed by atoms with Crippen LogP contribution in [0.15, 0.2) is 18.3 Å². The van der Waals surface area contributed by atoms with E-state index in [1.54, 1.807) is 18.3 Å². The van der Waals surface area contributed by atoms with E-state index in [9.17, 15) is 0 Å². The van der Waals surface area contributed by atoms with Crippen LogP contribution in [0.25, 0.3) is 0 Å². The van der Waals surface area contributed by atoms with Crippen LogP contribution >= 0.6 is 12.4 Å². The Kier molecular flexibility index (Phi) is 2.44. The van der Waals surface area contributed by atoms with Gasteiger partial charge in [-0.1, -0.05) is 0 Å². The van der Waals surface area contributed by atoms with Crippen LogP contribution < -0.4 is 5.73 Å². The average molecular weight is 196 g/mol. The molecule has 0 bridgehead atoms. The largest absolute Gasteiger partial charge is 0.399 e. The number of nitriles is 1. The molecule has 3 nitrogen and oxygen atoms in total. The molecule has 0 aromatic carbocycles. The maximum atomic E-state index is 8.87. The minimum Gasteiger partial charge on any atom is -0.399 e. The SMILES string of the molecule is Cl.N#CC1(c2cc(N)ccn2)CC1. The lowest BCUT2D eigenvalue weighted by Gasteiger charge is -2.04. The number of anilines is 1. The lowest BCUT2D eigenvalue weighted by molar-refractivity contribution is 0.855. The number of hydrogen-bond donors (Lipinski definition) is 1. The molecular formula is C9H10ClN3. The van der Waals surface area contributed by atoms with E-state index in [-0.39, 0.29) is 17.8 Å². The Hall–Kier alpha value is -1.27. The highest BCUT2D eigenvalue weighted by Crippen LogP contribution is 2.46. The molecule has 4 heteroatoms. The van der Waals surface area contributed by atoms with Gasteiger partial charge in [0.1, 0.15) is 0 Å². The Morgan fingerprint density at radius 3 is 2.69 bits per heavy atom. The summed E-state index contributed by atoms with van der Waals surface area (Å²) in [5, 5.41) is 8.87. The van der Waals surface area contributed by atoms with E-state index in [4.69, 9.17) is 11.0 Å². The third-order valence-electron chi connectivity index (χ3n) is 2.24. The van der Waals surface area contributed by atoms with Gasteiger partial charge in [0.25, 0.3) is 0 Å². The molecule has 1 aliphatic rings. The van der Waals surface area contributed by atoms with Crippen molar-refractivity contribution >= 4 is 18.1 Å². The van der Waals surface area contributed by atoms with Gasteiger partial charge in [0.05, 0.1) is 17.2 Å². The zero-order valence-electron chi connectivity index (χ0n) is 7.03. The molecular weight excluding hydrogens is 186 g/mol. The van der Waals surface area contributed by atoms with Gasteiger partial charge in [-0.05, 0) is 25.0 Å². The molecule has 68 valence electrons. The molecule has 0 spiro atoms. The van der Waals surface area contributed by atoms with Crippen molar-refractivity contribution in [1.29, 1.82) is 5.26 Å². The van der Waals surface area contributed by atoms with Gasteiger partial charge in [-0.2, -0.15) is 5.26 Å². The maximum Gasteiger partial charge on any atom is 0.0995 e. The van der Waals surface area contributed by atoms with Crippen LogP contribution in [0.5, 0.6) is 0 Å². The first-order valence-electron chi connectivity index (χ1n) is 3.90. The summed E-state index contributed by atoms with van der Waals surface area (Å²) < 4.78 is 0. The normalized spacial score (nSPS) is 16.8. The van der Waals surface area contributed by atoms with E-state index in [0.29, 0.717) is 5.69 Å². The van der Waals surface area contributed by atoms with Gasteiger partial charge in [-0.15, -0.1) is 12.4 Å². The van der Waals surface area contributed by atoms with E-state index in [0.717, 1.165) is 18.5 Å². The highest BCUT2D eigenvalue weighted by atomic mass is 35.5. The third kappa shape index (κ3) is 1.58. The number of hydrogen-bond acceptors (Lipinski definition) is 3. The summed E-state index contributed by atoms with van der Waals surface area (Å²) in [5.41, 5.74) is 6.78. The molecule has 1 heterocycles. The fraction of sp³-hybridized carbons (Fsp3) is 0.333. The molecule has 2 N–H and O–H groups in total. The van der Waals surface area contributed by atoms with Gasteiger partial charge >= 0.3 is 0 Å². The van der Waals surface area contributed by atoms with Gasteiger partial charge in [0.2, 0.25) is 0 Å². The van der Waals surface area contributed by atoms with E-state index in [1.807, 2.05) is 0 Å². The molecule has 13 heavy (non-hydrogen) atoms. The van der Waals surface area contributed by atoms with Gasteiger partial charge in [0.15, 0.2) is 0 Å². The molecule has 0 radical (unpaired) electrons. The number of halogens is 1. The predicted molar refractivity (Wildman–Crippen MR) is 52.4 cm³/mol. The summed E-state index contributed by atoms with van der Waals surface area (Å²) >= 11 is 0. The Balaban J connectivity index is 0.000000845. The van der Waals surface area contributed by atoms with Crippen LogP contribution in [-0.4, -0.2) is 4.98 Å². The first-order chi connectivity index (χ1) is 5.77. The molecule has 1 aliphatic carbocycles. The summed E-state index contributed by atoms with van der Waals surface area (Å²) in [6.45, 7) is 0. The Labute approximate surface area is 83.0 Å². The van der Waals surface area contributed by atoms with Gasteiger partial charge in [-0.25, -0.2) is 0 Å². The van der Waals surface area contributed by atoms with E-state index in [1.165, 1.54) is 0 Å². The number of nitrogens with two attached hydrogens (primary N) is 1. The molecule has 1 aromatic rings. The fourth-order valence-corrected chi connectivity index (χ4v) is 1.26. The van der Waals surface area contributed by atoms with Crippen molar-refractivity contribution in [2.45, 2.75) is 18.3 Å². The molecule has 2 rings (SSSR count). The van der Waals surface area contributed by atoms with Crippen LogP contribution in [0, 0.1) is 11.3 Å². The lowest BCUT2D eigenvalue weighted by Crippen LogP contribution is -2.05. The average Bonchev–Trinajstić information content (AvgIpc) is 2.84. The van der Waals surface area contributed by atoms with Crippen molar-refractivity contribution in [2.24, 2.45) is 0 Å². The monoisotopic (exact) mass is 195 g/mol. The second-order valence-corrected chi connectivity index (χ2v) is 3.17. The lowest BCUT2D eigenvalue weighted by atomic mass is 10.0. The van der Waals surface area contributed by atoms with Crippen molar-refractivity contribution < 1.29 is 0 Å². The number of nitrogens with zero attached hydrogens (tertiary/aromatic N) is 2. The number of nitrogen functional groups attached to an aromatic ring is 1. The third-order valence-corrected chi connectivity index (χ3v) is 2.24. The number of rotatable bonds is 1. The first-order valence-corrected chi connectivity index (χ1v) is 3.90. The van der Waals surface area contributed by atoms with Crippen LogP contribution in [0.4, 0.5) is 5.69 Å². The van der Waals surface area contributed by atoms with Crippen LogP contribution in [0.2, 0.25) is 0 Å². The summed E-state index contributed by atoms with van der Waals surface area (Å²) in [4.78, 5) is 4.14. The molecule has 1 fully saturated rings. The second kappa shape index (κ2) is 3.23. The molecule has 0 amide bonds. The van der Waals surface area contributed by atoms with Crippen molar-refractivity contribution in [2.75, 3.05) is 5.73 Å². The van der Waals surface area contributed by atoms with Crippen molar-refractivity contribution in [3.05, 3.63) is 24.0 Å². The molecule has 0 aliphatic heterocycles. The minimum absolute atomic E-state index is 0. The number of pyridine rings is 1. The van der Waals surface area contributed by atoms with Crippen LogP contribution in [-0.2, 0) is 5.41 Å². The van der Waals surface area contributed by atoms with Crippen molar-refractivity contribution in [1.82, 2.24) is 4.98 Å².